The molecule has 0 radical (unpaired) electrons. The van der Waals surface area contributed by atoms with Crippen LogP contribution in [-0.2, 0) is 4.79 Å². The number of amides is 3. The number of rotatable bonds is 8. The van der Waals surface area contributed by atoms with Crippen molar-refractivity contribution in [3.8, 4) is 10.7 Å². The maximum absolute atomic E-state index is 12.6. The first-order valence-electron chi connectivity index (χ1n) is 11.6. The van der Waals surface area contributed by atoms with Crippen LogP contribution in [0.5, 0.6) is 0 Å². The first-order chi connectivity index (χ1) is 15.3. The molecule has 0 aliphatic heterocycles. The summed E-state index contributed by atoms with van der Waals surface area (Å²) < 4.78 is 2.24. The average Bonchev–Trinajstić information content (AvgIpc) is 3.55. The molecule has 5 atom stereocenters. The summed E-state index contributed by atoms with van der Waals surface area (Å²) in [7, 11) is 0. The molecule has 2 N–H and O–H groups in total. The molecule has 2 bridgehead atoms. The van der Waals surface area contributed by atoms with Gasteiger partial charge >= 0.3 is 6.03 Å². The van der Waals surface area contributed by atoms with E-state index in [1.54, 1.807) is 11.3 Å². The Labute approximate surface area is 198 Å². The molecule has 0 aromatic carbocycles. The minimum absolute atomic E-state index is 0.268. The van der Waals surface area contributed by atoms with Crippen molar-refractivity contribution >= 4 is 35.0 Å². The third-order valence-corrected chi connectivity index (χ3v) is 8.71. The number of hydrogen-bond acceptors (Lipinski definition) is 6. The smallest absolute Gasteiger partial charge is 0.321 e. The molecule has 3 amide bonds. The topological polar surface area (TPSA) is 88.9 Å². The Kier molecular flexibility index (Phi) is 7.24. The summed E-state index contributed by atoms with van der Waals surface area (Å²) in [5, 5.41) is 16.5. The first-order valence-corrected chi connectivity index (χ1v) is 13.3. The molecule has 5 unspecified atom stereocenters. The van der Waals surface area contributed by atoms with E-state index in [9.17, 15) is 9.59 Å². The van der Waals surface area contributed by atoms with Crippen LogP contribution in [0.25, 0.3) is 10.7 Å². The largest absolute Gasteiger partial charge is 0.338 e. The van der Waals surface area contributed by atoms with Crippen molar-refractivity contribution in [2.75, 3.05) is 6.54 Å². The Balaban J connectivity index is 1.51. The third-order valence-electron chi connectivity index (χ3n) is 6.78. The Hall–Kier alpha value is -1.87. The van der Waals surface area contributed by atoms with Crippen molar-refractivity contribution in [2.45, 2.75) is 69.8 Å². The highest BCUT2D eigenvalue weighted by Crippen LogP contribution is 2.53. The van der Waals surface area contributed by atoms with Crippen LogP contribution in [0.1, 0.15) is 59.4 Å². The standard InChI is InChI=1S/C23H33N5O2S2/c1-13(2)12-24-22(30)25-21(29)15(4)32-23-27-26-20(19-6-5-9-31-19)28(23)14(3)18-11-16-7-8-17(18)10-16/h5-6,9,13-18H,7-8,10-12H2,1-4H3,(H2,24,25,29,30). The second-order valence-electron chi connectivity index (χ2n) is 9.59. The molecular formula is C23H33N5O2S2. The van der Waals surface area contributed by atoms with Gasteiger partial charge in [-0.2, -0.15) is 0 Å². The van der Waals surface area contributed by atoms with Gasteiger partial charge in [-0.05, 0) is 68.2 Å². The van der Waals surface area contributed by atoms with Crippen molar-refractivity contribution in [1.29, 1.82) is 0 Å². The number of nitrogens with zero attached hydrogens (tertiary/aromatic N) is 3. The minimum atomic E-state index is -0.467. The van der Waals surface area contributed by atoms with E-state index in [0.29, 0.717) is 18.4 Å². The van der Waals surface area contributed by atoms with E-state index in [-0.39, 0.29) is 11.9 Å². The lowest BCUT2D eigenvalue weighted by Crippen LogP contribution is -2.43. The fourth-order valence-corrected chi connectivity index (χ4v) is 6.78. The zero-order valence-electron chi connectivity index (χ0n) is 19.2. The molecule has 2 aromatic rings. The molecule has 2 heterocycles. The zero-order chi connectivity index (χ0) is 22.8. The maximum Gasteiger partial charge on any atom is 0.321 e. The summed E-state index contributed by atoms with van der Waals surface area (Å²) in [4.78, 5) is 25.7. The number of urea groups is 1. The van der Waals surface area contributed by atoms with Gasteiger partial charge in [0.2, 0.25) is 5.91 Å². The number of carbonyl (C=O) groups is 2. The highest BCUT2D eigenvalue weighted by atomic mass is 32.2. The van der Waals surface area contributed by atoms with Gasteiger partial charge in [-0.25, -0.2) is 4.79 Å². The molecule has 32 heavy (non-hydrogen) atoms. The van der Waals surface area contributed by atoms with Gasteiger partial charge in [-0.15, -0.1) is 21.5 Å². The molecule has 7 nitrogen and oxygen atoms in total. The first kappa shape index (κ1) is 23.3. The van der Waals surface area contributed by atoms with Crippen molar-refractivity contribution in [1.82, 2.24) is 25.4 Å². The Morgan fingerprint density at radius 1 is 1.22 bits per heavy atom. The highest BCUT2D eigenvalue weighted by molar-refractivity contribution is 8.00. The SMILES string of the molecule is CC(C)CNC(=O)NC(=O)C(C)Sc1nnc(-c2cccs2)n1C(C)C1CC2CCC1C2. The van der Waals surface area contributed by atoms with E-state index in [1.165, 1.54) is 37.4 Å². The number of thioether (sulfide) groups is 1. The highest BCUT2D eigenvalue weighted by Gasteiger charge is 2.43. The number of thiophene rings is 1. The maximum atomic E-state index is 12.6. The summed E-state index contributed by atoms with van der Waals surface area (Å²) in [6.45, 7) is 8.63. The molecule has 0 spiro atoms. The van der Waals surface area contributed by atoms with E-state index < -0.39 is 11.3 Å². The van der Waals surface area contributed by atoms with Crippen LogP contribution in [0.2, 0.25) is 0 Å². The molecule has 9 heteroatoms. The molecule has 4 rings (SSSR count). The van der Waals surface area contributed by atoms with Crippen molar-refractivity contribution in [2.24, 2.45) is 23.7 Å². The average molecular weight is 476 g/mol. The van der Waals surface area contributed by atoms with Gasteiger partial charge in [0.25, 0.3) is 0 Å². The van der Waals surface area contributed by atoms with Gasteiger partial charge in [0, 0.05) is 12.6 Å². The van der Waals surface area contributed by atoms with Gasteiger partial charge in [0.05, 0.1) is 10.1 Å². The third kappa shape index (κ3) is 5.03. The summed E-state index contributed by atoms with van der Waals surface area (Å²) in [5.74, 6) is 3.13. The molecule has 0 saturated heterocycles. The van der Waals surface area contributed by atoms with Gasteiger partial charge in [0.1, 0.15) is 0 Å². The summed E-state index contributed by atoms with van der Waals surface area (Å²) >= 11 is 3.03. The number of imide groups is 1. The predicted molar refractivity (Wildman–Crippen MR) is 129 cm³/mol. The van der Waals surface area contributed by atoms with E-state index in [4.69, 9.17) is 0 Å². The van der Waals surface area contributed by atoms with Crippen LogP contribution >= 0.6 is 23.1 Å². The van der Waals surface area contributed by atoms with Crippen LogP contribution in [0.4, 0.5) is 4.79 Å². The molecule has 2 fully saturated rings. The Morgan fingerprint density at radius 2 is 2.03 bits per heavy atom. The molecular weight excluding hydrogens is 442 g/mol. The van der Waals surface area contributed by atoms with Gasteiger partial charge in [-0.3, -0.25) is 14.7 Å². The van der Waals surface area contributed by atoms with Crippen molar-refractivity contribution in [3.05, 3.63) is 17.5 Å². The number of nitrogens with one attached hydrogen (secondary N) is 2. The van der Waals surface area contributed by atoms with E-state index in [1.807, 2.05) is 26.8 Å². The van der Waals surface area contributed by atoms with Crippen LogP contribution in [0, 0.1) is 23.7 Å². The molecule has 2 aromatic heterocycles. The monoisotopic (exact) mass is 475 g/mol. The van der Waals surface area contributed by atoms with Crippen molar-refractivity contribution < 1.29 is 9.59 Å². The molecule has 174 valence electrons. The van der Waals surface area contributed by atoms with Gasteiger partial charge in [0.15, 0.2) is 11.0 Å². The zero-order valence-corrected chi connectivity index (χ0v) is 20.8. The number of aromatic nitrogens is 3. The van der Waals surface area contributed by atoms with Crippen LogP contribution in [0.15, 0.2) is 22.7 Å². The van der Waals surface area contributed by atoms with E-state index in [2.05, 4.69) is 43.8 Å². The summed E-state index contributed by atoms with van der Waals surface area (Å²) in [6, 6.07) is 3.92. The fourth-order valence-electron chi connectivity index (χ4n) is 5.14. The lowest BCUT2D eigenvalue weighted by atomic mass is 9.84. The lowest BCUT2D eigenvalue weighted by Gasteiger charge is -2.30. The normalized spacial score (nSPS) is 24.0. The quantitative estimate of drug-likeness (QED) is 0.527. The van der Waals surface area contributed by atoms with E-state index >= 15 is 0 Å². The van der Waals surface area contributed by atoms with E-state index in [0.717, 1.165) is 27.7 Å². The Morgan fingerprint density at radius 3 is 2.66 bits per heavy atom. The summed E-state index contributed by atoms with van der Waals surface area (Å²) in [5.41, 5.74) is 0. The van der Waals surface area contributed by atoms with Crippen LogP contribution < -0.4 is 10.6 Å². The van der Waals surface area contributed by atoms with Gasteiger partial charge in [-0.1, -0.05) is 38.1 Å². The van der Waals surface area contributed by atoms with Crippen molar-refractivity contribution in [3.63, 3.8) is 0 Å². The molecule has 2 aliphatic rings. The van der Waals surface area contributed by atoms with Crippen LogP contribution in [0.3, 0.4) is 0 Å². The fraction of sp³-hybridized carbons (Fsp3) is 0.652. The lowest BCUT2D eigenvalue weighted by molar-refractivity contribution is -0.119. The number of hydrogen-bond donors (Lipinski definition) is 2. The second kappa shape index (κ2) is 9.95. The number of carbonyl (C=O) groups excluding carboxylic acids is 2. The predicted octanol–water partition coefficient (Wildman–Crippen LogP) is 4.97. The molecule has 2 aliphatic carbocycles. The molecule has 2 saturated carbocycles. The second-order valence-corrected chi connectivity index (χ2v) is 11.8. The minimum Gasteiger partial charge on any atom is -0.338 e. The van der Waals surface area contributed by atoms with Crippen LogP contribution in [-0.4, -0.2) is 38.5 Å². The number of fused-ring (bicyclic) bond motifs is 2. The summed E-state index contributed by atoms with van der Waals surface area (Å²) in [6.07, 6.45) is 5.30. The van der Waals surface area contributed by atoms with Gasteiger partial charge < -0.3 is 5.32 Å². The Bertz CT molecular complexity index is 942.